The zero-order valence-corrected chi connectivity index (χ0v) is 9.81. The Labute approximate surface area is 102 Å². The minimum atomic E-state index is -2.73. The van der Waals surface area contributed by atoms with Crippen molar-refractivity contribution in [3.63, 3.8) is 0 Å². The van der Waals surface area contributed by atoms with Crippen molar-refractivity contribution < 1.29 is 17.6 Å². The summed E-state index contributed by atoms with van der Waals surface area (Å²) in [6.45, 7) is 1.19. The van der Waals surface area contributed by atoms with E-state index in [9.17, 15) is 17.6 Å². The van der Waals surface area contributed by atoms with Gasteiger partial charge in [0.15, 0.2) is 23.3 Å². The lowest BCUT2D eigenvalue weighted by Crippen LogP contribution is -2.40. The molecule has 1 fully saturated rings. The molecule has 3 nitrogen and oxygen atoms in total. The average Bonchev–Trinajstić information content (AvgIpc) is 2.32. The third-order valence-electron chi connectivity index (χ3n) is 3.10. The van der Waals surface area contributed by atoms with Crippen molar-refractivity contribution in [1.82, 2.24) is 4.98 Å². The molecule has 1 aromatic heterocycles. The third kappa shape index (κ3) is 2.21. The molecule has 0 radical (unpaired) electrons. The van der Waals surface area contributed by atoms with Crippen LogP contribution in [0.3, 0.4) is 0 Å². The van der Waals surface area contributed by atoms with E-state index in [4.69, 9.17) is 5.73 Å². The first-order chi connectivity index (χ1) is 8.32. The molecule has 0 saturated carbocycles. The molecule has 0 aromatic carbocycles. The number of nitrogens with two attached hydrogens (primary N) is 1. The zero-order chi connectivity index (χ0) is 13.5. The summed E-state index contributed by atoms with van der Waals surface area (Å²) in [6.07, 6.45) is -0.741. The first-order valence-electron chi connectivity index (χ1n) is 5.55. The highest BCUT2D eigenvalue weighted by molar-refractivity contribution is 5.51. The molecule has 7 heteroatoms. The predicted octanol–water partition coefficient (Wildman–Crippen LogP) is 2.49. The zero-order valence-electron chi connectivity index (χ0n) is 9.81. The van der Waals surface area contributed by atoms with Crippen molar-refractivity contribution in [2.45, 2.75) is 25.7 Å². The fourth-order valence-electron chi connectivity index (χ4n) is 1.92. The Morgan fingerprint density at radius 2 is 1.72 bits per heavy atom. The van der Waals surface area contributed by atoms with Gasteiger partial charge in [0.1, 0.15) is 0 Å². The fourth-order valence-corrected chi connectivity index (χ4v) is 1.92. The molecule has 18 heavy (non-hydrogen) atoms. The smallest absolute Gasteiger partial charge is 0.251 e. The number of nitrogens with zero attached hydrogens (tertiary/aromatic N) is 2. The van der Waals surface area contributed by atoms with Gasteiger partial charge in [-0.15, -0.1) is 0 Å². The second-order valence-corrected chi connectivity index (χ2v) is 4.42. The highest BCUT2D eigenvalue weighted by Crippen LogP contribution is 2.32. The van der Waals surface area contributed by atoms with Crippen LogP contribution in [0.1, 0.15) is 18.4 Å². The van der Waals surface area contributed by atoms with Gasteiger partial charge in [-0.2, -0.15) is 0 Å². The van der Waals surface area contributed by atoms with Gasteiger partial charge < -0.3 is 10.6 Å². The molecule has 0 bridgehead atoms. The fraction of sp³-hybridized carbons (Fsp3) is 0.545. The average molecular weight is 263 g/mol. The lowest BCUT2D eigenvalue weighted by atomic mass is 10.1. The molecule has 1 aliphatic heterocycles. The number of anilines is 2. The minimum absolute atomic E-state index is 0.0264. The predicted molar refractivity (Wildman–Crippen MR) is 59.7 cm³/mol. The Bertz CT molecular complexity index is 466. The number of rotatable bonds is 1. The summed E-state index contributed by atoms with van der Waals surface area (Å²) in [4.78, 5) is 4.98. The SMILES string of the molecule is Cc1c(F)c(N)nc(N2CCC(F)(F)CC2)c1F. The van der Waals surface area contributed by atoms with Crippen LogP contribution in [0, 0.1) is 18.6 Å². The van der Waals surface area contributed by atoms with Gasteiger partial charge in [0.2, 0.25) is 0 Å². The molecule has 2 heterocycles. The van der Waals surface area contributed by atoms with E-state index < -0.39 is 23.4 Å². The van der Waals surface area contributed by atoms with Crippen molar-refractivity contribution in [2.75, 3.05) is 23.7 Å². The maximum atomic E-state index is 13.8. The third-order valence-corrected chi connectivity index (χ3v) is 3.10. The second kappa shape index (κ2) is 4.29. The number of aromatic nitrogens is 1. The number of halogens is 4. The van der Waals surface area contributed by atoms with E-state index in [1.807, 2.05) is 0 Å². The van der Waals surface area contributed by atoms with Crippen LogP contribution in [-0.2, 0) is 0 Å². The van der Waals surface area contributed by atoms with Crippen LogP contribution in [0.15, 0.2) is 0 Å². The lowest BCUT2D eigenvalue weighted by molar-refractivity contribution is -0.0222. The largest absolute Gasteiger partial charge is 0.381 e. The highest BCUT2D eigenvalue weighted by Gasteiger charge is 2.35. The van der Waals surface area contributed by atoms with Crippen LogP contribution in [0.2, 0.25) is 0 Å². The summed E-state index contributed by atoms with van der Waals surface area (Å²) in [6, 6.07) is 0. The highest BCUT2D eigenvalue weighted by atomic mass is 19.3. The van der Waals surface area contributed by atoms with Gasteiger partial charge in [-0.25, -0.2) is 22.5 Å². The molecule has 0 aliphatic carbocycles. The Kier molecular flexibility index (Phi) is 3.08. The molecular weight excluding hydrogens is 250 g/mol. The number of hydrogen-bond donors (Lipinski definition) is 1. The normalized spacial score (nSPS) is 19.1. The van der Waals surface area contributed by atoms with E-state index in [-0.39, 0.29) is 37.3 Å². The molecule has 0 atom stereocenters. The van der Waals surface area contributed by atoms with E-state index >= 15 is 0 Å². The molecule has 1 aromatic rings. The van der Waals surface area contributed by atoms with Crippen LogP contribution in [0.4, 0.5) is 29.2 Å². The van der Waals surface area contributed by atoms with Crippen LogP contribution < -0.4 is 10.6 Å². The van der Waals surface area contributed by atoms with Crippen molar-refractivity contribution >= 4 is 11.6 Å². The summed E-state index contributed by atoms with van der Waals surface area (Å²) in [7, 11) is 0. The Balaban J connectivity index is 2.30. The summed E-state index contributed by atoms with van der Waals surface area (Å²) < 4.78 is 53.1. The van der Waals surface area contributed by atoms with E-state index in [0.29, 0.717) is 0 Å². The number of nitrogen functional groups attached to an aromatic ring is 1. The molecule has 100 valence electrons. The van der Waals surface area contributed by atoms with Crippen molar-refractivity contribution in [1.29, 1.82) is 0 Å². The Morgan fingerprint density at radius 1 is 1.17 bits per heavy atom. The van der Waals surface area contributed by atoms with E-state index in [0.717, 1.165) is 0 Å². The van der Waals surface area contributed by atoms with Crippen LogP contribution >= 0.6 is 0 Å². The van der Waals surface area contributed by atoms with Gasteiger partial charge in [-0.3, -0.25) is 0 Å². The van der Waals surface area contributed by atoms with Crippen LogP contribution in [0.25, 0.3) is 0 Å². The molecule has 2 N–H and O–H groups in total. The minimum Gasteiger partial charge on any atom is -0.381 e. The van der Waals surface area contributed by atoms with Crippen LogP contribution in [-0.4, -0.2) is 24.0 Å². The topological polar surface area (TPSA) is 42.1 Å². The Hall–Kier alpha value is -1.53. The van der Waals surface area contributed by atoms with Gasteiger partial charge in [-0.05, 0) is 6.92 Å². The summed E-state index contributed by atoms with van der Waals surface area (Å²) >= 11 is 0. The molecule has 2 rings (SSSR count). The summed E-state index contributed by atoms with van der Waals surface area (Å²) in [5, 5.41) is 0. The summed E-state index contributed by atoms with van der Waals surface area (Å²) in [5.74, 6) is -5.04. The van der Waals surface area contributed by atoms with Gasteiger partial charge >= 0.3 is 0 Å². The molecule has 0 spiro atoms. The molecular formula is C11H13F4N3. The first-order valence-corrected chi connectivity index (χ1v) is 5.55. The second-order valence-electron chi connectivity index (χ2n) is 4.42. The molecule has 1 saturated heterocycles. The lowest BCUT2D eigenvalue weighted by Gasteiger charge is -2.33. The van der Waals surface area contributed by atoms with Gasteiger partial charge in [0, 0.05) is 31.5 Å². The van der Waals surface area contributed by atoms with Crippen LogP contribution in [0.5, 0.6) is 0 Å². The standard InChI is InChI=1S/C11H13F4N3/c1-6-7(12)9(16)17-10(8(6)13)18-4-2-11(14,15)3-5-18/h2-5H2,1H3,(H2,16,17). The molecule has 1 aliphatic rings. The number of alkyl halides is 2. The summed E-state index contributed by atoms with van der Waals surface area (Å²) in [5.41, 5.74) is 5.08. The maximum Gasteiger partial charge on any atom is 0.251 e. The van der Waals surface area contributed by atoms with Crippen molar-refractivity contribution in [3.8, 4) is 0 Å². The monoisotopic (exact) mass is 263 g/mol. The maximum absolute atomic E-state index is 13.8. The van der Waals surface area contributed by atoms with Crippen molar-refractivity contribution in [3.05, 3.63) is 17.2 Å². The quantitative estimate of drug-likeness (QED) is 0.791. The van der Waals surface area contributed by atoms with Crippen molar-refractivity contribution in [2.24, 2.45) is 0 Å². The number of piperidine rings is 1. The Morgan fingerprint density at radius 3 is 2.28 bits per heavy atom. The number of hydrogen-bond acceptors (Lipinski definition) is 3. The molecule has 0 unspecified atom stereocenters. The van der Waals surface area contributed by atoms with Gasteiger partial charge in [-0.1, -0.05) is 0 Å². The number of pyridine rings is 1. The molecule has 0 amide bonds. The first kappa shape index (κ1) is 12.9. The van der Waals surface area contributed by atoms with Gasteiger partial charge in [0.25, 0.3) is 5.92 Å². The van der Waals surface area contributed by atoms with Gasteiger partial charge in [0.05, 0.1) is 0 Å². The van der Waals surface area contributed by atoms with E-state index in [2.05, 4.69) is 4.98 Å². The van der Waals surface area contributed by atoms with E-state index in [1.165, 1.54) is 11.8 Å². The van der Waals surface area contributed by atoms with E-state index in [1.54, 1.807) is 0 Å².